The van der Waals surface area contributed by atoms with Crippen molar-refractivity contribution in [1.82, 2.24) is 15.0 Å². The number of rotatable bonds is 5. The van der Waals surface area contributed by atoms with E-state index in [1.165, 1.54) is 0 Å². The van der Waals surface area contributed by atoms with Crippen LogP contribution in [0.1, 0.15) is 10.4 Å². The lowest BCUT2D eigenvalue weighted by Gasteiger charge is -2.09. The van der Waals surface area contributed by atoms with E-state index < -0.39 is 5.97 Å². The summed E-state index contributed by atoms with van der Waals surface area (Å²) in [6, 6.07) is 5.10. The van der Waals surface area contributed by atoms with E-state index in [-0.39, 0.29) is 5.56 Å². The van der Waals surface area contributed by atoms with Gasteiger partial charge in [-0.05, 0) is 18.2 Å². The first-order valence-corrected chi connectivity index (χ1v) is 6.07. The van der Waals surface area contributed by atoms with Gasteiger partial charge in [0.25, 0.3) is 0 Å². The fraction of sp³-hybridized carbons (Fsp3) is 0.182. The zero-order chi connectivity index (χ0) is 13.0. The molecule has 0 aliphatic heterocycles. The fourth-order valence-corrected chi connectivity index (χ4v) is 1.87. The van der Waals surface area contributed by atoms with Crippen molar-refractivity contribution in [2.75, 3.05) is 11.9 Å². The molecule has 1 aromatic carbocycles. The quantitative estimate of drug-likeness (QED) is 0.881. The molecule has 18 heavy (non-hydrogen) atoms. The van der Waals surface area contributed by atoms with Gasteiger partial charge in [-0.2, -0.15) is 0 Å². The third-order valence-electron chi connectivity index (χ3n) is 2.34. The molecular formula is C11H11BrN4O2. The van der Waals surface area contributed by atoms with Gasteiger partial charge < -0.3 is 10.4 Å². The van der Waals surface area contributed by atoms with E-state index in [0.717, 1.165) is 4.47 Å². The Morgan fingerprint density at radius 1 is 1.50 bits per heavy atom. The van der Waals surface area contributed by atoms with Gasteiger partial charge in [-0.15, -0.1) is 5.10 Å². The lowest BCUT2D eigenvalue weighted by Crippen LogP contribution is -2.13. The Balaban J connectivity index is 2.02. The predicted octanol–water partition coefficient (Wildman–Crippen LogP) is 1.85. The molecule has 0 atom stereocenters. The van der Waals surface area contributed by atoms with E-state index in [4.69, 9.17) is 5.11 Å². The second kappa shape index (κ2) is 5.63. The Bertz CT molecular complexity index is 542. The molecule has 0 unspecified atom stereocenters. The predicted molar refractivity (Wildman–Crippen MR) is 69.6 cm³/mol. The highest BCUT2D eigenvalue weighted by Gasteiger charge is 2.09. The van der Waals surface area contributed by atoms with Crippen LogP contribution in [0.25, 0.3) is 0 Å². The molecule has 1 aromatic heterocycles. The Morgan fingerprint density at radius 3 is 3.00 bits per heavy atom. The summed E-state index contributed by atoms with van der Waals surface area (Å²) < 4.78 is 2.41. The van der Waals surface area contributed by atoms with Gasteiger partial charge in [0.1, 0.15) is 0 Å². The van der Waals surface area contributed by atoms with Crippen LogP contribution in [-0.2, 0) is 6.54 Å². The number of hydrogen-bond acceptors (Lipinski definition) is 4. The van der Waals surface area contributed by atoms with Gasteiger partial charge in [0, 0.05) is 22.9 Å². The third-order valence-corrected chi connectivity index (χ3v) is 2.83. The van der Waals surface area contributed by atoms with Gasteiger partial charge in [-0.1, -0.05) is 21.1 Å². The molecule has 2 N–H and O–H groups in total. The second-order valence-electron chi connectivity index (χ2n) is 3.59. The highest BCUT2D eigenvalue weighted by atomic mass is 79.9. The number of nitrogens with one attached hydrogen (secondary N) is 1. The zero-order valence-electron chi connectivity index (χ0n) is 9.38. The van der Waals surface area contributed by atoms with E-state index in [0.29, 0.717) is 18.8 Å². The van der Waals surface area contributed by atoms with E-state index in [1.54, 1.807) is 35.3 Å². The highest BCUT2D eigenvalue weighted by Crippen LogP contribution is 2.20. The maximum absolute atomic E-state index is 11.1. The van der Waals surface area contributed by atoms with Crippen molar-refractivity contribution in [3.05, 3.63) is 40.6 Å². The van der Waals surface area contributed by atoms with Crippen LogP contribution in [0.5, 0.6) is 0 Å². The smallest absolute Gasteiger partial charge is 0.337 e. The van der Waals surface area contributed by atoms with Crippen molar-refractivity contribution in [1.29, 1.82) is 0 Å². The number of carbonyl (C=O) groups is 1. The average molecular weight is 311 g/mol. The first kappa shape index (κ1) is 12.6. The largest absolute Gasteiger partial charge is 0.478 e. The van der Waals surface area contributed by atoms with E-state index in [2.05, 4.69) is 31.6 Å². The maximum atomic E-state index is 11.1. The third kappa shape index (κ3) is 3.07. The summed E-state index contributed by atoms with van der Waals surface area (Å²) in [5.74, 6) is -0.959. The zero-order valence-corrected chi connectivity index (χ0v) is 11.0. The number of benzene rings is 1. The van der Waals surface area contributed by atoms with Crippen LogP contribution in [0.3, 0.4) is 0 Å². The Kier molecular flexibility index (Phi) is 3.93. The van der Waals surface area contributed by atoms with Crippen LogP contribution in [0.15, 0.2) is 35.1 Å². The molecule has 0 spiro atoms. The molecule has 0 amide bonds. The monoisotopic (exact) mass is 310 g/mol. The van der Waals surface area contributed by atoms with Crippen molar-refractivity contribution < 1.29 is 9.90 Å². The van der Waals surface area contributed by atoms with Gasteiger partial charge >= 0.3 is 5.97 Å². The van der Waals surface area contributed by atoms with Crippen molar-refractivity contribution in [2.45, 2.75) is 6.54 Å². The minimum atomic E-state index is -0.959. The second-order valence-corrected chi connectivity index (χ2v) is 4.50. The summed E-state index contributed by atoms with van der Waals surface area (Å²) in [7, 11) is 0. The van der Waals surface area contributed by atoms with Crippen molar-refractivity contribution in [2.24, 2.45) is 0 Å². The highest BCUT2D eigenvalue weighted by molar-refractivity contribution is 9.10. The lowest BCUT2D eigenvalue weighted by atomic mass is 10.2. The van der Waals surface area contributed by atoms with Crippen molar-refractivity contribution >= 4 is 27.6 Å². The molecule has 1 heterocycles. The molecule has 94 valence electrons. The number of anilines is 1. The molecule has 0 bridgehead atoms. The summed E-state index contributed by atoms with van der Waals surface area (Å²) in [4.78, 5) is 11.1. The first-order valence-electron chi connectivity index (χ1n) is 5.27. The topological polar surface area (TPSA) is 80.0 Å². The normalized spacial score (nSPS) is 10.3. The molecule has 0 fully saturated rings. The molecule has 0 saturated heterocycles. The minimum absolute atomic E-state index is 0.239. The SMILES string of the molecule is O=C(O)c1cc(Br)ccc1NCCn1ccnn1. The van der Waals surface area contributed by atoms with E-state index in [1.807, 2.05) is 0 Å². The molecule has 6 nitrogen and oxygen atoms in total. The number of hydrogen-bond donors (Lipinski definition) is 2. The molecule has 2 aromatic rings. The molecule has 2 rings (SSSR count). The number of aromatic carboxylic acids is 1. The van der Waals surface area contributed by atoms with Crippen LogP contribution < -0.4 is 5.32 Å². The summed E-state index contributed by atoms with van der Waals surface area (Å²) in [5, 5.41) is 19.7. The number of carboxylic acids is 1. The average Bonchev–Trinajstić information content (AvgIpc) is 2.84. The van der Waals surface area contributed by atoms with E-state index >= 15 is 0 Å². The molecule has 0 aliphatic carbocycles. The lowest BCUT2D eigenvalue weighted by molar-refractivity contribution is 0.0698. The summed E-state index contributed by atoms with van der Waals surface area (Å²) >= 11 is 3.25. The number of carboxylic acid groups (broad SMARTS) is 1. The molecule has 7 heteroatoms. The van der Waals surface area contributed by atoms with Crippen LogP contribution in [-0.4, -0.2) is 32.6 Å². The molecule has 0 saturated carbocycles. The maximum Gasteiger partial charge on any atom is 0.337 e. The standard InChI is InChI=1S/C11H11BrN4O2/c12-8-1-2-10(9(7-8)11(17)18)13-3-5-16-6-4-14-15-16/h1-2,4,6-7,13H,3,5H2,(H,17,18). The molecule has 0 radical (unpaired) electrons. The van der Waals surface area contributed by atoms with Crippen LogP contribution in [0.4, 0.5) is 5.69 Å². The molecular weight excluding hydrogens is 300 g/mol. The Labute approximate surface area is 112 Å². The van der Waals surface area contributed by atoms with Gasteiger partial charge in [0.05, 0.1) is 18.3 Å². The van der Waals surface area contributed by atoms with Crippen LogP contribution >= 0.6 is 15.9 Å². The van der Waals surface area contributed by atoms with Crippen LogP contribution in [0, 0.1) is 0 Å². The van der Waals surface area contributed by atoms with Crippen molar-refractivity contribution in [3.63, 3.8) is 0 Å². The first-order chi connectivity index (χ1) is 8.66. The molecule has 0 aliphatic rings. The Hall–Kier alpha value is -1.89. The summed E-state index contributed by atoms with van der Waals surface area (Å²) in [5.41, 5.74) is 0.828. The Morgan fingerprint density at radius 2 is 2.33 bits per heavy atom. The van der Waals surface area contributed by atoms with E-state index in [9.17, 15) is 4.79 Å². The number of halogens is 1. The van der Waals surface area contributed by atoms with Crippen molar-refractivity contribution in [3.8, 4) is 0 Å². The summed E-state index contributed by atoms with van der Waals surface area (Å²) in [6.45, 7) is 1.19. The van der Waals surface area contributed by atoms with Gasteiger partial charge in [0.2, 0.25) is 0 Å². The van der Waals surface area contributed by atoms with Crippen LogP contribution in [0.2, 0.25) is 0 Å². The summed E-state index contributed by atoms with van der Waals surface area (Å²) in [6.07, 6.45) is 3.35. The minimum Gasteiger partial charge on any atom is -0.478 e. The van der Waals surface area contributed by atoms with Gasteiger partial charge in [-0.3, -0.25) is 4.68 Å². The number of aromatic nitrogens is 3. The fourth-order valence-electron chi connectivity index (χ4n) is 1.50. The van der Waals surface area contributed by atoms with Gasteiger partial charge in [-0.25, -0.2) is 4.79 Å². The number of nitrogens with zero attached hydrogens (tertiary/aromatic N) is 3. The van der Waals surface area contributed by atoms with Gasteiger partial charge in [0.15, 0.2) is 0 Å².